The van der Waals surface area contributed by atoms with Gasteiger partial charge in [0, 0.05) is 6.54 Å². The van der Waals surface area contributed by atoms with Crippen molar-refractivity contribution in [2.24, 2.45) is 11.7 Å². The van der Waals surface area contributed by atoms with E-state index in [1.807, 2.05) is 19.9 Å². The SMILES string of the molecule is COC(=O)CN1C(=O)C(C(C)C)Oc2ccc(CN)cc21. The van der Waals surface area contributed by atoms with E-state index in [0.717, 1.165) is 5.56 Å². The van der Waals surface area contributed by atoms with Gasteiger partial charge in [0.1, 0.15) is 12.3 Å². The molecular weight excluding hydrogens is 272 g/mol. The third-order valence-corrected chi connectivity index (χ3v) is 3.43. The average molecular weight is 292 g/mol. The molecule has 114 valence electrons. The molecule has 0 saturated carbocycles. The van der Waals surface area contributed by atoms with Crippen LogP contribution in [0, 0.1) is 5.92 Å². The van der Waals surface area contributed by atoms with Crippen molar-refractivity contribution in [1.29, 1.82) is 0 Å². The summed E-state index contributed by atoms with van der Waals surface area (Å²) in [6.07, 6.45) is -0.606. The van der Waals surface area contributed by atoms with E-state index in [1.54, 1.807) is 12.1 Å². The van der Waals surface area contributed by atoms with E-state index in [4.69, 9.17) is 10.5 Å². The molecule has 1 unspecified atom stereocenters. The standard InChI is InChI=1S/C15H20N2O4/c1-9(2)14-15(19)17(8-13(18)20-3)11-6-10(7-16)4-5-12(11)21-14/h4-6,9,14H,7-8,16H2,1-3H3. The average Bonchev–Trinajstić information content (AvgIpc) is 2.48. The van der Waals surface area contributed by atoms with Gasteiger partial charge in [-0.3, -0.25) is 14.5 Å². The van der Waals surface area contributed by atoms with Crippen LogP contribution in [0.25, 0.3) is 0 Å². The zero-order valence-electron chi connectivity index (χ0n) is 12.5. The zero-order chi connectivity index (χ0) is 15.6. The maximum Gasteiger partial charge on any atom is 0.325 e. The Bertz CT molecular complexity index is 557. The number of carbonyl (C=O) groups excluding carboxylic acids is 2. The summed E-state index contributed by atoms with van der Waals surface area (Å²) in [7, 11) is 1.30. The molecule has 0 aliphatic carbocycles. The third-order valence-electron chi connectivity index (χ3n) is 3.43. The zero-order valence-corrected chi connectivity index (χ0v) is 12.5. The Kier molecular flexibility index (Phi) is 4.47. The van der Waals surface area contributed by atoms with Crippen LogP contribution in [0.2, 0.25) is 0 Å². The number of carbonyl (C=O) groups is 2. The molecule has 2 N–H and O–H groups in total. The summed E-state index contributed by atoms with van der Waals surface area (Å²) in [4.78, 5) is 25.5. The Labute approximate surface area is 123 Å². The van der Waals surface area contributed by atoms with Gasteiger partial charge in [0.15, 0.2) is 6.10 Å². The summed E-state index contributed by atoms with van der Waals surface area (Å²) in [6, 6.07) is 5.40. The van der Waals surface area contributed by atoms with Crippen LogP contribution in [0.3, 0.4) is 0 Å². The maximum absolute atomic E-state index is 12.5. The Morgan fingerprint density at radius 2 is 2.19 bits per heavy atom. The van der Waals surface area contributed by atoms with Crippen molar-refractivity contribution in [3.05, 3.63) is 23.8 Å². The first-order valence-electron chi connectivity index (χ1n) is 6.85. The maximum atomic E-state index is 12.5. The monoisotopic (exact) mass is 292 g/mol. The second kappa shape index (κ2) is 6.13. The van der Waals surface area contributed by atoms with Crippen molar-refractivity contribution in [2.75, 3.05) is 18.6 Å². The first kappa shape index (κ1) is 15.3. The summed E-state index contributed by atoms with van der Waals surface area (Å²) in [5.41, 5.74) is 7.05. The highest BCUT2D eigenvalue weighted by atomic mass is 16.5. The molecule has 0 radical (unpaired) electrons. The Balaban J connectivity index is 2.44. The molecule has 0 spiro atoms. The van der Waals surface area contributed by atoms with Gasteiger partial charge in [-0.1, -0.05) is 19.9 Å². The smallest absolute Gasteiger partial charge is 0.325 e. The number of methoxy groups -OCH3 is 1. The predicted octanol–water partition coefficient (Wildman–Crippen LogP) is 1.07. The van der Waals surface area contributed by atoms with Gasteiger partial charge < -0.3 is 15.2 Å². The number of hydrogen-bond donors (Lipinski definition) is 1. The Morgan fingerprint density at radius 3 is 2.76 bits per heavy atom. The second-order valence-corrected chi connectivity index (χ2v) is 5.29. The van der Waals surface area contributed by atoms with Crippen molar-refractivity contribution < 1.29 is 19.1 Å². The van der Waals surface area contributed by atoms with Crippen molar-refractivity contribution in [3.8, 4) is 5.75 Å². The van der Waals surface area contributed by atoms with Gasteiger partial charge in [0.05, 0.1) is 12.8 Å². The van der Waals surface area contributed by atoms with Gasteiger partial charge in [-0.25, -0.2) is 0 Å². The lowest BCUT2D eigenvalue weighted by Gasteiger charge is -2.35. The topological polar surface area (TPSA) is 81.9 Å². The van der Waals surface area contributed by atoms with Crippen LogP contribution in [0.1, 0.15) is 19.4 Å². The second-order valence-electron chi connectivity index (χ2n) is 5.29. The Morgan fingerprint density at radius 1 is 1.48 bits per heavy atom. The molecule has 1 amide bonds. The fraction of sp³-hybridized carbons (Fsp3) is 0.467. The highest BCUT2D eigenvalue weighted by molar-refractivity contribution is 6.03. The number of benzene rings is 1. The van der Waals surface area contributed by atoms with E-state index in [9.17, 15) is 9.59 Å². The van der Waals surface area contributed by atoms with Gasteiger partial charge in [-0.2, -0.15) is 0 Å². The van der Waals surface area contributed by atoms with Gasteiger partial charge in [0.2, 0.25) is 0 Å². The number of anilines is 1. The number of amides is 1. The Hall–Kier alpha value is -2.08. The lowest BCUT2D eigenvalue weighted by Crippen LogP contribution is -2.50. The fourth-order valence-electron chi connectivity index (χ4n) is 2.24. The van der Waals surface area contributed by atoms with Crippen LogP contribution in [0.5, 0.6) is 5.75 Å². The first-order valence-corrected chi connectivity index (χ1v) is 6.85. The number of hydrogen-bond acceptors (Lipinski definition) is 5. The minimum atomic E-state index is -0.606. The summed E-state index contributed by atoms with van der Waals surface area (Å²) < 4.78 is 10.4. The molecule has 0 aromatic heterocycles. The van der Waals surface area contributed by atoms with Gasteiger partial charge in [-0.15, -0.1) is 0 Å². The number of fused-ring (bicyclic) bond motifs is 1. The molecule has 0 fully saturated rings. The molecule has 1 aromatic rings. The number of ether oxygens (including phenoxy) is 2. The molecule has 2 rings (SSSR count). The van der Waals surface area contributed by atoms with Crippen LogP contribution >= 0.6 is 0 Å². The molecule has 6 nitrogen and oxygen atoms in total. The number of nitrogens with zero attached hydrogens (tertiary/aromatic N) is 1. The van der Waals surface area contributed by atoms with Crippen LogP contribution in [-0.4, -0.2) is 31.6 Å². The normalized spacial score (nSPS) is 17.5. The van der Waals surface area contributed by atoms with E-state index in [1.165, 1.54) is 12.0 Å². The van der Waals surface area contributed by atoms with Crippen LogP contribution < -0.4 is 15.4 Å². The molecule has 21 heavy (non-hydrogen) atoms. The molecule has 0 bridgehead atoms. The van der Waals surface area contributed by atoms with Crippen LogP contribution in [0.15, 0.2) is 18.2 Å². The lowest BCUT2D eigenvalue weighted by molar-refractivity contribution is -0.141. The quantitative estimate of drug-likeness (QED) is 0.839. The van der Waals surface area contributed by atoms with E-state index < -0.39 is 12.1 Å². The fourth-order valence-corrected chi connectivity index (χ4v) is 2.24. The van der Waals surface area contributed by atoms with E-state index in [2.05, 4.69) is 4.74 Å². The molecule has 1 heterocycles. The predicted molar refractivity (Wildman–Crippen MR) is 78.0 cm³/mol. The van der Waals surface area contributed by atoms with Gasteiger partial charge in [-0.05, 0) is 23.6 Å². The lowest BCUT2D eigenvalue weighted by atomic mass is 10.0. The van der Waals surface area contributed by atoms with E-state index in [-0.39, 0.29) is 18.4 Å². The largest absolute Gasteiger partial charge is 0.478 e. The van der Waals surface area contributed by atoms with Crippen LogP contribution in [0.4, 0.5) is 5.69 Å². The van der Waals surface area contributed by atoms with Crippen molar-refractivity contribution in [1.82, 2.24) is 0 Å². The van der Waals surface area contributed by atoms with Gasteiger partial charge >= 0.3 is 5.97 Å². The summed E-state index contributed by atoms with van der Waals surface area (Å²) >= 11 is 0. The number of esters is 1. The molecule has 1 aliphatic heterocycles. The number of nitrogens with two attached hydrogens (primary N) is 1. The molecule has 1 atom stereocenters. The van der Waals surface area contributed by atoms with Crippen molar-refractivity contribution >= 4 is 17.6 Å². The first-order chi connectivity index (χ1) is 9.97. The molecule has 1 aliphatic rings. The highest BCUT2D eigenvalue weighted by Gasteiger charge is 2.37. The molecule has 0 saturated heterocycles. The van der Waals surface area contributed by atoms with E-state index >= 15 is 0 Å². The molecular formula is C15H20N2O4. The van der Waals surface area contributed by atoms with Crippen LogP contribution in [-0.2, 0) is 20.9 Å². The minimum Gasteiger partial charge on any atom is -0.478 e. The summed E-state index contributed by atoms with van der Waals surface area (Å²) in [6.45, 7) is 4.01. The molecule has 6 heteroatoms. The van der Waals surface area contributed by atoms with Gasteiger partial charge in [0.25, 0.3) is 5.91 Å². The van der Waals surface area contributed by atoms with Crippen molar-refractivity contribution in [3.63, 3.8) is 0 Å². The summed E-state index contributed by atoms with van der Waals surface area (Å²) in [5, 5.41) is 0. The molecule has 1 aromatic carbocycles. The summed E-state index contributed by atoms with van der Waals surface area (Å²) in [5.74, 6) is -0.136. The minimum absolute atomic E-state index is 0.0000167. The van der Waals surface area contributed by atoms with Crippen molar-refractivity contribution in [2.45, 2.75) is 26.5 Å². The number of rotatable bonds is 4. The third kappa shape index (κ3) is 3.00. The van der Waals surface area contributed by atoms with E-state index in [0.29, 0.717) is 18.0 Å². The highest BCUT2D eigenvalue weighted by Crippen LogP contribution is 2.36.